The molecule has 39 heteroatoms. The van der Waals surface area contributed by atoms with Crippen LogP contribution in [-0.2, 0) is 78.3 Å². The highest BCUT2D eigenvalue weighted by atomic mass is 32.2. The zero-order chi connectivity index (χ0) is 65.2. The maximum absolute atomic E-state index is 14.3. The number of hydrogen-bond acceptors (Lipinski definition) is 19. The van der Waals surface area contributed by atoms with Gasteiger partial charge in [-0.1, -0.05) is 0 Å². The summed E-state index contributed by atoms with van der Waals surface area (Å²) in [5.74, 6) is -16.7. The number of nitrogens with zero attached hydrogens (tertiary/aromatic N) is 3. The predicted octanol–water partition coefficient (Wildman–Crippen LogP) is -10.7. The fraction of sp³-hybridized carbons (Fsp3) is 0.574. The standard InChI is InChI=1S/C47H78N22O16S/c1-21(38(78)59-19-35(74)63-24(37(51)77)6-4-11-57-46(52)53)61-39(79)26(8-9-36(75)76)65-44(84)30(16-33(49)72)69-45(85)31(17-34(50)73)68-42(82)28(14-23-18-56-20-60-23)66-40(80)25(7-5-12-58-47(54)55)64-43(83)29(15-32(48)71)67-41(81)27(10-13-86-3)62-22(2)70/h18,20-21,24-31H,4-17,19H2,1-3H3,(H2,48,71)(H2,49,72)(H2,50,73)(H2,51,77)(H,56,60)(H,59,78)(H,61,79)(H,62,70)(H,63,74)(H,64,83)(H,65,84)(H,66,80)(H,67,81)(H,68,82)(H,69,85)(H,75,76)(H4,52,53,57)(H4,54,55,58)/t21-,24-,25-,26-,27-,28-,29-,30-,31-/m0/s1. The number of carbonyl (C=O) groups is 15. The molecule has 0 aliphatic heterocycles. The second kappa shape index (κ2) is 38.8. The number of nitrogens with one attached hydrogen (secondary N) is 11. The van der Waals surface area contributed by atoms with Crippen LogP contribution in [0.4, 0.5) is 0 Å². The van der Waals surface area contributed by atoms with E-state index in [1.165, 1.54) is 24.3 Å². The number of primary amides is 4. The van der Waals surface area contributed by atoms with Crippen molar-refractivity contribution in [2.24, 2.45) is 55.9 Å². The van der Waals surface area contributed by atoms with Crippen LogP contribution < -0.4 is 99.0 Å². The maximum Gasteiger partial charge on any atom is 0.303 e. The van der Waals surface area contributed by atoms with Gasteiger partial charge in [0.15, 0.2) is 11.9 Å². The Bertz CT molecular complexity index is 2630. The summed E-state index contributed by atoms with van der Waals surface area (Å²) in [7, 11) is 0. The zero-order valence-corrected chi connectivity index (χ0v) is 48.2. The second-order valence-corrected chi connectivity index (χ2v) is 20.0. The van der Waals surface area contributed by atoms with E-state index in [9.17, 15) is 77.0 Å². The lowest BCUT2D eigenvalue weighted by molar-refractivity contribution is -0.139. The molecule has 9 atom stereocenters. The van der Waals surface area contributed by atoms with E-state index in [4.69, 9.17) is 45.9 Å². The quantitative estimate of drug-likeness (QED) is 0.0164. The normalized spacial score (nSPS) is 13.8. The summed E-state index contributed by atoms with van der Waals surface area (Å²) in [6, 6.07) is -14.8. The second-order valence-electron chi connectivity index (χ2n) is 19.0. The summed E-state index contributed by atoms with van der Waals surface area (Å²) in [4.78, 5) is 209. The number of carbonyl (C=O) groups excluding carboxylic acids is 14. The molecule has 0 aliphatic carbocycles. The van der Waals surface area contributed by atoms with Crippen LogP contribution >= 0.6 is 11.8 Å². The van der Waals surface area contributed by atoms with Crippen LogP contribution in [-0.4, -0.2) is 202 Å². The molecule has 0 aromatic carbocycles. The van der Waals surface area contributed by atoms with Crippen molar-refractivity contribution in [3.63, 3.8) is 0 Å². The first kappa shape index (κ1) is 74.2. The first-order valence-electron chi connectivity index (χ1n) is 26.2. The summed E-state index contributed by atoms with van der Waals surface area (Å²) < 4.78 is 0. The van der Waals surface area contributed by atoms with Crippen LogP contribution in [0.25, 0.3) is 0 Å². The Labute approximate surface area is 495 Å². The number of guanidine groups is 2. The van der Waals surface area contributed by atoms with Gasteiger partial charge in [0, 0.05) is 44.7 Å². The highest BCUT2D eigenvalue weighted by Crippen LogP contribution is 2.09. The van der Waals surface area contributed by atoms with Crippen molar-refractivity contribution in [3.05, 3.63) is 18.2 Å². The van der Waals surface area contributed by atoms with Gasteiger partial charge >= 0.3 is 5.97 Å². The third-order valence-corrected chi connectivity index (χ3v) is 12.3. The predicted molar refractivity (Wildman–Crippen MR) is 304 cm³/mol. The lowest BCUT2D eigenvalue weighted by atomic mass is 10.0. The molecular weight excluding hydrogens is 1160 g/mol. The molecule has 0 radical (unpaired) electrons. The van der Waals surface area contributed by atoms with E-state index in [-0.39, 0.29) is 62.8 Å². The fourth-order valence-corrected chi connectivity index (χ4v) is 7.96. The smallest absolute Gasteiger partial charge is 0.303 e. The number of amides is 14. The number of carboxylic acids is 1. The van der Waals surface area contributed by atoms with Gasteiger partial charge in [0.05, 0.1) is 32.1 Å². The summed E-state index contributed by atoms with van der Waals surface area (Å²) in [5.41, 5.74) is 43.2. The van der Waals surface area contributed by atoms with Crippen molar-refractivity contribution in [3.8, 4) is 0 Å². The molecule has 28 N–H and O–H groups in total. The maximum atomic E-state index is 14.3. The van der Waals surface area contributed by atoms with E-state index in [1.54, 1.807) is 6.26 Å². The van der Waals surface area contributed by atoms with E-state index in [1.807, 2.05) is 0 Å². The highest BCUT2D eigenvalue weighted by molar-refractivity contribution is 7.98. The number of aliphatic imine (C=N–C) groups is 2. The molecule has 38 nitrogen and oxygen atoms in total. The van der Waals surface area contributed by atoms with Crippen LogP contribution in [0.1, 0.15) is 83.7 Å². The average molecular weight is 1240 g/mol. The number of nitrogens with two attached hydrogens (primary N) is 8. The van der Waals surface area contributed by atoms with Gasteiger partial charge < -0.3 is 109 Å². The van der Waals surface area contributed by atoms with E-state index in [2.05, 4.69) is 73.1 Å². The summed E-state index contributed by atoms with van der Waals surface area (Å²) in [6.07, 6.45) is -0.409. The number of carboxylic acid groups (broad SMARTS) is 1. The number of aromatic nitrogens is 2. The van der Waals surface area contributed by atoms with Crippen molar-refractivity contribution in [1.82, 2.24) is 63.1 Å². The number of thioether (sulfide) groups is 1. The lowest BCUT2D eigenvalue weighted by Gasteiger charge is -2.27. The van der Waals surface area contributed by atoms with Crippen molar-refractivity contribution >= 4 is 112 Å². The Hall–Kier alpha value is -9.85. The number of imidazole rings is 1. The van der Waals surface area contributed by atoms with Gasteiger partial charge in [0.2, 0.25) is 82.7 Å². The van der Waals surface area contributed by atoms with Crippen LogP contribution in [0.15, 0.2) is 22.5 Å². The van der Waals surface area contributed by atoms with Crippen molar-refractivity contribution in [2.75, 3.05) is 31.6 Å². The first-order chi connectivity index (χ1) is 40.3. The van der Waals surface area contributed by atoms with Crippen LogP contribution in [0.3, 0.4) is 0 Å². The molecule has 0 aliphatic rings. The molecule has 1 heterocycles. The molecular formula is C47H78N22O16S. The Morgan fingerprint density at radius 2 is 0.942 bits per heavy atom. The molecule has 0 saturated heterocycles. The molecule has 0 spiro atoms. The van der Waals surface area contributed by atoms with E-state index >= 15 is 0 Å². The minimum Gasteiger partial charge on any atom is -0.481 e. The average Bonchev–Trinajstić information content (AvgIpc) is 2.52. The van der Waals surface area contributed by atoms with Crippen molar-refractivity contribution < 1.29 is 77.0 Å². The summed E-state index contributed by atoms with van der Waals surface area (Å²) >= 11 is 1.35. The number of rotatable bonds is 42. The van der Waals surface area contributed by atoms with Gasteiger partial charge in [-0.15, -0.1) is 0 Å². The number of hydrogen-bond donors (Lipinski definition) is 20. The topological polar surface area (TPSA) is 658 Å². The molecule has 1 rings (SSSR count). The Kier molecular flexibility index (Phi) is 33.5. The molecule has 86 heavy (non-hydrogen) atoms. The van der Waals surface area contributed by atoms with Gasteiger partial charge in [0.25, 0.3) is 0 Å². The summed E-state index contributed by atoms with van der Waals surface area (Å²) in [5, 5.41) is 32.4. The van der Waals surface area contributed by atoms with Crippen LogP contribution in [0, 0.1) is 0 Å². The number of aliphatic carboxylic acids is 1. The lowest BCUT2D eigenvalue weighted by Crippen LogP contribution is -2.61. The summed E-state index contributed by atoms with van der Waals surface area (Å²) in [6.45, 7) is 1.60. The molecule has 1 aromatic rings. The van der Waals surface area contributed by atoms with Crippen LogP contribution in [0.5, 0.6) is 0 Å². The molecule has 0 saturated carbocycles. The van der Waals surface area contributed by atoms with Crippen LogP contribution in [0.2, 0.25) is 0 Å². The van der Waals surface area contributed by atoms with Gasteiger partial charge in [-0.05, 0) is 57.5 Å². The van der Waals surface area contributed by atoms with E-state index in [0.29, 0.717) is 5.75 Å². The Balaban J connectivity index is 3.51. The third-order valence-electron chi connectivity index (χ3n) is 11.7. The van der Waals surface area contributed by atoms with Gasteiger partial charge in [-0.25, -0.2) is 4.98 Å². The minimum atomic E-state index is -2.04. The van der Waals surface area contributed by atoms with Gasteiger partial charge in [-0.3, -0.25) is 81.9 Å². The zero-order valence-electron chi connectivity index (χ0n) is 47.4. The minimum absolute atomic E-state index is 0.0163. The molecule has 0 unspecified atom stereocenters. The Morgan fingerprint density at radius 3 is 1.35 bits per heavy atom. The fourth-order valence-electron chi connectivity index (χ4n) is 7.48. The molecule has 14 amide bonds. The molecule has 1 aromatic heterocycles. The van der Waals surface area contributed by atoms with Gasteiger partial charge in [0.1, 0.15) is 54.4 Å². The van der Waals surface area contributed by atoms with E-state index in [0.717, 1.165) is 13.8 Å². The SMILES string of the molecule is CSCC[C@H](NC(C)=O)C(=O)N[C@@H](CC(N)=O)C(=O)N[C@@H](CCCN=C(N)N)C(=O)N[C@@H](Cc1cnc[nH]1)C(=O)N[C@@H](CC(N)=O)C(=O)N[C@@H](CC(N)=O)C(=O)N[C@@H](CCC(=O)O)C(=O)N[C@@H](C)C(=O)NCC(=O)N[C@@H](CCCN=C(N)N)C(N)=O. The third kappa shape index (κ3) is 31.0. The monoisotopic (exact) mass is 1240 g/mol. The molecule has 478 valence electrons. The van der Waals surface area contributed by atoms with Gasteiger partial charge in [-0.2, -0.15) is 11.8 Å². The van der Waals surface area contributed by atoms with Crippen molar-refractivity contribution in [1.29, 1.82) is 0 Å². The largest absolute Gasteiger partial charge is 0.481 e. The number of H-pyrrole nitrogens is 1. The molecule has 0 bridgehead atoms. The number of aromatic amines is 1. The Morgan fingerprint density at radius 1 is 0.535 bits per heavy atom. The molecule has 0 fully saturated rings. The highest BCUT2D eigenvalue weighted by Gasteiger charge is 2.36. The first-order valence-corrected chi connectivity index (χ1v) is 27.6. The van der Waals surface area contributed by atoms with E-state index < -0.39 is 188 Å². The van der Waals surface area contributed by atoms with Crippen molar-refractivity contribution in [2.45, 2.75) is 139 Å².